The summed E-state index contributed by atoms with van der Waals surface area (Å²) >= 11 is 9.33. The highest BCUT2D eigenvalue weighted by Crippen LogP contribution is 2.34. The maximum atomic E-state index is 13.0. The smallest absolute Gasteiger partial charge is 0.416 e. The lowest BCUT2D eigenvalue weighted by Crippen LogP contribution is -2.43. The fourth-order valence-electron chi connectivity index (χ4n) is 14.1. The molecule has 32 nitrogen and oxygen atoms in total. The van der Waals surface area contributed by atoms with Crippen molar-refractivity contribution in [2.75, 3.05) is 162 Å². The highest BCUT2D eigenvalue weighted by atomic mass is 79.9. The molecule has 12 rings (SSSR count). The molecule has 6 aromatic carbocycles. The highest BCUT2D eigenvalue weighted by Gasteiger charge is 2.38. The van der Waals surface area contributed by atoms with E-state index >= 15 is 0 Å². The minimum atomic E-state index is -4.49. The van der Waals surface area contributed by atoms with E-state index in [2.05, 4.69) is 47.8 Å². The minimum absolute atomic E-state index is 0.0429. The van der Waals surface area contributed by atoms with Crippen LogP contribution in [-0.4, -0.2) is 242 Å². The Kier molecular flexibility index (Phi) is 39.1. The lowest BCUT2D eigenvalue weighted by molar-refractivity contribution is -0.137. The number of carbonyl (C=O) groups excluding carboxylic acids is 6. The van der Waals surface area contributed by atoms with Gasteiger partial charge in [0.25, 0.3) is 0 Å². The number of sulfonamides is 6. The Labute approximate surface area is 743 Å². The van der Waals surface area contributed by atoms with Crippen molar-refractivity contribution in [1.29, 1.82) is 0 Å². The number of nitrogens with zero attached hydrogens (tertiary/aromatic N) is 6. The molecule has 6 amide bonds. The number of amides is 6. The van der Waals surface area contributed by atoms with Crippen LogP contribution >= 0.6 is 27.5 Å². The van der Waals surface area contributed by atoms with Gasteiger partial charge in [0.05, 0.1) is 109 Å². The molecule has 6 aliphatic rings. The van der Waals surface area contributed by atoms with Gasteiger partial charge in [0.15, 0.2) is 0 Å². The van der Waals surface area contributed by atoms with Crippen LogP contribution in [0.4, 0.5) is 51.7 Å². The summed E-state index contributed by atoms with van der Waals surface area (Å²) in [7, 11) is -16.5. The van der Waals surface area contributed by atoms with Crippen molar-refractivity contribution in [1.82, 2.24) is 25.8 Å². The third-order valence-electron chi connectivity index (χ3n) is 20.8. The van der Waals surface area contributed by atoms with Crippen molar-refractivity contribution in [3.63, 3.8) is 0 Å². The average Bonchev–Trinajstić information content (AvgIpc) is 0.839. The number of methoxy groups -OCH3 is 2. The first kappa shape index (κ1) is 104. The lowest BCUT2D eigenvalue weighted by atomic mass is 9.98. The molecule has 6 aromatic rings. The molecule has 0 saturated carbocycles. The number of halogens is 6. The van der Waals surface area contributed by atoms with Gasteiger partial charge in [0, 0.05) is 112 Å². The molecule has 0 aliphatic carbocycles. The van der Waals surface area contributed by atoms with E-state index in [4.69, 9.17) is 21.1 Å². The Bertz CT molecular complexity index is 5340. The van der Waals surface area contributed by atoms with Crippen molar-refractivity contribution in [3.8, 4) is 11.5 Å². The quantitative estimate of drug-likeness (QED) is 0.0387. The normalized spacial score (nSPS) is 20.3. The van der Waals surface area contributed by atoms with Gasteiger partial charge in [-0.05, 0) is 168 Å². The predicted octanol–water partition coefficient (Wildman–Crippen LogP) is 10.4. The first-order valence-electron chi connectivity index (χ1n) is 39.7. The topological polar surface area (TPSA) is 417 Å². The number of rotatable bonds is 20. The highest BCUT2D eigenvalue weighted by molar-refractivity contribution is 9.10. The van der Waals surface area contributed by atoms with Crippen LogP contribution in [0.5, 0.6) is 11.5 Å². The number of para-hydroxylation sites is 3. The van der Waals surface area contributed by atoms with Crippen LogP contribution in [0.1, 0.15) is 82.6 Å². The molecule has 44 heteroatoms. The molecular formula is C81H108BrClF4N12O20S6. The van der Waals surface area contributed by atoms with Crippen LogP contribution in [0, 0.1) is 41.3 Å². The van der Waals surface area contributed by atoms with Gasteiger partial charge in [-0.1, -0.05) is 76.1 Å². The third-order valence-corrected chi connectivity index (χ3v) is 29.3. The number of nitrogens with one attached hydrogen (secondary N) is 6. The van der Waals surface area contributed by atoms with Crippen LogP contribution in [0.3, 0.4) is 0 Å². The number of anilines is 6. The SMILES string of the molecule is COc1cccc(NC(=O)[C@H]2CCCN(S(C)(=O)=O)C2)c1.COc1ccccc1NC(=O)[C@H]1CCCN(S(C)(=O)=O)C1.CS(=O)(=O)N1CCC[C@H](C(=O)Nc2cccc(Br)c2)C1.CS(=O)(=O)N1CCC[C@H](C(=O)Nc2cccc(C(F)(F)F)c2)C1.CS(=O)(=O)N1CCC[C@H](C(=O)Nc2cccc(F)c2)C1.CS(=O)(=O)N1CCC[C@H](C(=O)Nc2ccccc2Cl)C1. The van der Waals surface area contributed by atoms with Gasteiger partial charge in [0.2, 0.25) is 95.6 Å². The number of hydrogen-bond donors (Lipinski definition) is 6. The lowest BCUT2D eigenvalue weighted by Gasteiger charge is -2.30. The van der Waals surface area contributed by atoms with Gasteiger partial charge in [-0.3, -0.25) is 28.8 Å². The predicted molar refractivity (Wildman–Crippen MR) is 476 cm³/mol. The van der Waals surface area contributed by atoms with Crippen LogP contribution < -0.4 is 41.4 Å². The fraction of sp³-hybridized carbons (Fsp3) is 0.481. The molecule has 0 radical (unpaired) electrons. The van der Waals surface area contributed by atoms with Crippen molar-refractivity contribution >= 4 is 157 Å². The number of benzene rings is 6. The molecule has 6 heterocycles. The zero-order chi connectivity index (χ0) is 92.4. The monoisotopic (exact) mass is 1950 g/mol. The summed E-state index contributed by atoms with van der Waals surface area (Å²) in [6, 6.07) is 38.5. The second-order valence-corrected chi connectivity index (χ2v) is 43.9. The molecule has 6 atom stereocenters. The average molecular weight is 1950 g/mol. The molecule has 690 valence electrons. The Balaban J connectivity index is 0.000000206. The molecule has 0 aromatic heterocycles. The second kappa shape index (κ2) is 47.1. The first-order valence-corrected chi connectivity index (χ1v) is 52.0. The zero-order valence-electron chi connectivity index (χ0n) is 70.4. The van der Waals surface area contributed by atoms with E-state index in [1.54, 1.807) is 79.9 Å². The van der Waals surface area contributed by atoms with E-state index < -0.39 is 95.4 Å². The van der Waals surface area contributed by atoms with E-state index in [1.165, 1.54) is 88.3 Å². The Morgan fingerprint density at radius 3 is 0.968 bits per heavy atom. The van der Waals surface area contributed by atoms with E-state index in [-0.39, 0.29) is 98.2 Å². The van der Waals surface area contributed by atoms with Crippen LogP contribution in [0.2, 0.25) is 5.02 Å². The van der Waals surface area contributed by atoms with Gasteiger partial charge < -0.3 is 41.4 Å². The summed E-state index contributed by atoms with van der Waals surface area (Å²) in [6.07, 6.45) is 10.3. The van der Waals surface area contributed by atoms with Crippen molar-refractivity contribution in [2.24, 2.45) is 35.5 Å². The van der Waals surface area contributed by atoms with Gasteiger partial charge in [-0.15, -0.1) is 0 Å². The van der Waals surface area contributed by atoms with Crippen molar-refractivity contribution in [2.45, 2.75) is 83.2 Å². The molecule has 6 N–H and O–H groups in total. The van der Waals surface area contributed by atoms with Crippen LogP contribution in [0.25, 0.3) is 0 Å². The molecule has 0 bridgehead atoms. The summed E-state index contributed by atoms with van der Waals surface area (Å²) in [6.45, 7) is 3.95. The third kappa shape index (κ3) is 34.7. The Morgan fingerprint density at radius 1 is 0.360 bits per heavy atom. The molecule has 0 unspecified atom stereocenters. The van der Waals surface area contributed by atoms with Gasteiger partial charge in [-0.2, -0.15) is 13.2 Å². The van der Waals surface area contributed by atoms with E-state index in [0.717, 1.165) is 29.1 Å². The minimum Gasteiger partial charge on any atom is -0.497 e. The Hall–Kier alpha value is -8.31. The summed E-state index contributed by atoms with van der Waals surface area (Å²) in [5, 5.41) is 16.8. The van der Waals surface area contributed by atoms with Crippen molar-refractivity contribution < 1.29 is 106 Å². The first-order chi connectivity index (χ1) is 58.5. The summed E-state index contributed by atoms with van der Waals surface area (Å²) < 4.78 is 209. The van der Waals surface area contributed by atoms with Crippen LogP contribution in [-0.2, 0) is 95.1 Å². The molecular weight excluding hydrogens is 1840 g/mol. The number of alkyl halides is 3. The van der Waals surface area contributed by atoms with E-state index in [1.807, 2.05) is 30.3 Å². The molecule has 6 aliphatic heterocycles. The van der Waals surface area contributed by atoms with Crippen molar-refractivity contribution in [3.05, 3.63) is 166 Å². The van der Waals surface area contributed by atoms with Crippen LogP contribution in [0.15, 0.2) is 150 Å². The van der Waals surface area contributed by atoms with Gasteiger partial charge in [0.1, 0.15) is 17.3 Å². The largest absolute Gasteiger partial charge is 0.497 e. The summed E-state index contributed by atoms with van der Waals surface area (Å²) in [5.74, 6) is -2.84. The maximum absolute atomic E-state index is 13.0. The zero-order valence-corrected chi connectivity index (χ0v) is 77.6. The Morgan fingerprint density at radius 2 is 0.648 bits per heavy atom. The van der Waals surface area contributed by atoms with E-state index in [0.29, 0.717) is 161 Å². The maximum Gasteiger partial charge on any atom is 0.416 e. The summed E-state index contributed by atoms with van der Waals surface area (Å²) in [4.78, 5) is 73.3. The van der Waals surface area contributed by atoms with Gasteiger partial charge in [-0.25, -0.2) is 80.7 Å². The standard InChI is InChI=1S/C14H17F3N2O3S.2C14H20N2O4S.C13H17BrN2O3S.C13H17ClN2O3S.C13H17FN2O3S/c1-23(21,22)19-7-3-4-10(9-19)13(20)18-12-6-2-5-11(8-12)14(15,16)17;1-20-13-7-3-6-12(9-13)15-14(17)11-5-4-8-16(10-11)21(2,18)19;1-20-13-8-4-3-7-12(13)15-14(17)11-6-5-9-16(10-11)21(2,18)19;1-20(18,19)16-7-3-4-10(9-16)13(17)15-12-6-2-5-11(14)8-12;1-20(18,19)16-8-4-5-10(9-16)13(17)15-12-7-3-2-6-11(12)14;1-20(18,19)16-7-3-4-10(9-16)13(17)15-12-6-2-5-11(14)8-12/h2,5-6,8,10H,3-4,7,9H2,1H3,(H,18,20);3,6-7,9,11H,4-5,8,10H2,1-2H3,(H,15,17);3-4,7-8,11H,5-6,9-10H2,1-2H3,(H,15,17);2,5-6,8,10H,3-4,7,9H2,1H3,(H,15,17);2-3,6-7,10H,4-5,8-9H2,1H3,(H,15,17);2,5-6,8,10H,3-4,7,9H2,1H3,(H,15,17)/t10-;2*11-;3*10-/m000000/s1. The molecule has 6 saturated heterocycles. The number of ether oxygens (including phenoxy) is 2. The molecule has 125 heavy (non-hydrogen) atoms. The number of carbonyl (C=O) groups is 6. The molecule has 0 spiro atoms. The molecule has 6 fully saturated rings. The van der Waals surface area contributed by atoms with Gasteiger partial charge >= 0.3 is 6.18 Å². The number of piperidine rings is 6. The summed E-state index contributed by atoms with van der Waals surface area (Å²) in [5.41, 5.74) is 2.08. The number of hydrogen-bond acceptors (Lipinski definition) is 20. The van der Waals surface area contributed by atoms with E-state index in [9.17, 15) is 96.8 Å². The second-order valence-electron chi connectivity index (χ2n) is 30.7. The fourth-order valence-corrected chi connectivity index (χ4v) is 20.2.